The summed E-state index contributed by atoms with van der Waals surface area (Å²) in [5.74, 6) is 1.22. The number of ether oxygens (including phenoxy) is 1. The number of nitrogens with zero attached hydrogens (tertiary/aromatic N) is 3. The quantitative estimate of drug-likeness (QED) is 0.413. The van der Waals surface area contributed by atoms with E-state index < -0.39 is 10.0 Å². The average molecular weight is 469 g/mol. The lowest BCUT2D eigenvalue weighted by molar-refractivity contribution is 0.178. The molecule has 0 aliphatic carbocycles. The molecule has 166 valence electrons. The van der Waals surface area contributed by atoms with E-state index in [2.05, 4.69) is 15.7 Å². The number of hydrogen-bond donors (Lipinski definition) is 1. The highest BCUT2D eigenvalue weighted by Crippen LogP contribution is 2.37. The van der Waals surface area contributed by atoms with Crippen LogP contribution in [0.2, 0.25) is 0 Å². The van der Waals surface area contributed by atoms with E-state index in [4.69, 9.17) is 9.72 Å². The van der Waals surface area contributed by atoms with Crippen LogP contribution in [0.3, 0.4) is 0 Å². The molecule has 2 aromatic carbocycles. The molecule has 2 heterocycles. The van der Waals surface area contributed by atoms with Gasteiger partial charge >= 0.3 is 0 Å². The van der Waals surface area contributed by atoms with Gasteiger partial charge in [-0.3, -0.25) is 0 Å². The maximum atomic E-state index is 12.8. The molecular weight excluding hydrogens is 444 g/mol. The molecule has 1 N–H and O–H groups in total. The standard InChI is InChI=1S/C23H24N4O3S2/c1-27(2)32(28,29)19-12-8-7-11-17(19)13-24-22-21-18(16-9-5-4-6-10-16)15-31-23(21)26-20(25-22)14-30-3/h4-12,15H,13-14H2,1-3H3,(H,24,25,26). The van der Waals surface area contributed by atoms with Gasteiger partial charge in [0, 0.05) is 38.7 Å². The van der Waals surface area contributed by atoms with Crippen molar-refractivity contribution in [1.29, 1.82) is 0 Å². The van der Waals surface area contributed by atoms with Crippen LogP contribution in [0.4, 0.5) is 5.82 Å². The van der Waals surface area contributed by atoms with Crippen molar-refractivity contribution in [3.63, 3.8) is 0 Å². The van der Waals surface area contributed by atoms with Gasteiger partial charge in [0.1, 0.15) is 17.3 Å². The van der Waals surface area contributed by atoms with Crippen LogP contribution >= 0.6 is 11.3 Å². The van der Waals surface area contributed by atoms with Crippen LogP contribution in [0, 0.1) is 0 Å². The molecule has 0 unspecified atom stereocenters. The second kappa shape index (κ2) is 9.33. The lowest BCUT2D eigenvalue weighted by Crippen LogP contribution is -2.24. The minimum Gasteiger partial charge on any atom is -0.377 e. The number of thiophene rings is 1. The Morgan fingerprint density at radius 1 is 1.03 bits per heavy atom. The van der Waals surface area contributed by atoms with E-state index in [-0.39, 0.29) is 11.5 Å². The van der Waals surface area contributed by atoms with Crippen LogP contribution in [0.15, 0.2) is 64.9 Å². The zero-order valence-corrected chi connectivity index (χ0v) is 19.7. The largest absolute Gasteiger partial charge is 0.377 e. The second-order valence-electron chi connectivity index (χ2n) is 7.37. The fourth-order valence-corrected chi connectivity index (χ4v) is 5.50. The summed E-state index contributed by atoms with van der Waals surface area (Å²) in [5.41, 5.74) is 2.77. The molecule has 0 bridgehead atoms. The van der Waals surface area contributed by atoms with E-state index in [1.54, 1.807) is 30.6 Å². The summed E-state index contributed by atoms with van der Waals surface area (Å²) in [7, 11) is 1.09. The number of methoxy groups -OCH3 is 1. The van der Waals surface area contributed by atoms with Crippen molar-refractivity contribution in [2.75, 3.05) is 26.5 Å². The molecule has 0 aliphatic rings. The molecule has 0 radical (unpaired) electrons. The first-order valence-corrected chi connectivity index (χ1v) is 12.3. The number of benzene rings is 2. The Labute approximate surface area is 191 Å². The van der Waals surface area contributed by atoms with E-state index in [0.29, 0.717) is 23.8 Å². The highest BCUT2D eigenvalue weighted by molar-refractivity contribution is 7.89. The van der Waals surface area contributed by atoms with E-state index in [1.165, 1.54) is 18.4 Å². The SMILES string of the molecule is COCc1nc(NCc2ccccc2S(=O)(=O)N(C)C)c2c(-c3ccccc3)csc2n1. The van der Waals surface area contributed by atoms with Gasteiger partial charge in [-0.15, -0.1) is 11.3 Å². The minimum atomic E-state index is -3.57. The summed E-state index contributed by atoms with van der Waals surface area (Å²) >= 11 is 1.55. The molecule has 0 saturated carbocycles. The fourth-order valence-electron chi connectivity index (χ4n) is 3.41. The van der Waals surface area contributed by atoms with Gasteiger partial charge in [-0.1, -0.05) is 48.5 Å². The zero-order valence-electron chi connectivity index (χ0n) is 18.1. The number of aromatic nitrogens is 2. The highest BCUT2D eigenvalue weighted by atomic mass is 32.2. The third-order valence-corrected chi connectivity index (χ3v) is 7.80. The van der Waals surface area contributed by atoms with Crippen LogP contribution in [0.1, 0.15) is 11.4 Å². The molecule has 9 heteroatoms. The normalized spacial score (nSPS) is 11.9. The number of sulfonamides is 1. The van der Waals surface area contributed by atoms with E-state index in [9.17, 15) is 8.42 Å². The topological polar surface area (TPSA) is 84.4 Å². The van der Waals surface area contributed by atoms with Crippen molar-refractivity contribution in [2.24, 2.45) is 0 Å². The number of nitrogens with one attached hydrogen (secondary N) is 1. The highest BCUT2D eigenvalue weighted by Gasteiger charge is 2.21. The predicted octanol–water partition coefficient (Wildman–Crippen LogP) is 4.37. The van der Waals surface area contributed by atoms with E-state index in [0.717, 1.165) is 21.3 Å². The number of fused-ring (bicyclic) bond motifs is 1. The summed E-state index contributed by atoms with van der Waals surface area (Å²) in [6.45, 7) is 0.584. The fraction of sp³-hybridized carbons (Fsp3) is 0.217. The Balaban J connectivity index is 1.77. The third-order valence-electron chi connectivity index (χ3n) is 5.02. The van der Waals surface area contributed by atoms with Crippen molar-refractivity contribution < 1.29 is 13.2 Å². The molecule has 0 aliphatic heterocycles. The molecule has 0 atom stereocenters. The zero-order chi connectivity index (χ0) is 22.7. The van der Waals surface area contributed by atoms with Gasteiger partial charge in [0.25, 0.3) is 0 Å². The van der Waals surface area contributed by atoms with Gasteiger partial charge in [0.15, 0.2) is 5.82 Å². The predicted molar refractivity (Wildman–Crippen MR) is 128 cm³/mol. The van der Waals surface area contributed by atoms with Crippen LogP contribution < -0.4 is 5.32 Å². The van der Waals surface area contributed by atoms with Crippen molar-refractivity contribution in [3.8, 4) is 11.1 Å². The summed E-state index contributed by atoms with van der Waals surface area (Å²) < 4.78 is 32.0. The molecule has 4 aromatic rings. The number of hydrogen-bond acceptors (Lipinski definition) is 7. The Hall–Kier alpha value is -2.85. The van der Waals surface area contributed by atoms with Crippen molar-refractivity contribution in [3.05, 3.63) is 71.4 Å². The first kappa shape index (κ1) is 22.3. The van der Waals surface area contributed by atoms with Crippen molar-refractivity contribution in [2.45, 2.75) is 18.0 Å². The lowest BCUT2D eigenvalue weighted by Gasteiger charge is -2.16. The Morgan fingerprint density at radius 2 is 1.75 bits per heavy atom. The summed E-state index contributed by atoms with van der Waals surface area (Å²) in [5, 5.41) is 6.35. The average Bonchev–Trinajstić information content (AvgIpc) is 3.22. The first-order chi connectivity index (χ1) is 15.4. The molecule has 0 fully saturated rings. The maximum Gasteiger partial charge on any atom is 0.242 e. The Morgan fingerprint density at radius 3 is 2.47 bits per heavy atom. The van der Waals surface area contributed by atoms with Crippen LogP contribution in [0.25, 0.3) is 21.3 Å². The number of anilines is 1. The van der Waals surface area contributed by atoms with Gasteiger partial charge < -0.3 is 10.1 Å². The maximum absolute atomic E-state index is 12.8. The van der Waals surface area contributed by atoms with Gasteiger partial charge in [-0.2, -0.15) is 0 Å². The molecule has 7 nitrogen and oxygen atoms in total. The lowest BCUT2D eigenvalue weighted by atomic mass is 10.1. The van der Waals surface area contributed by atoms with Crippen LogP contribution in [0.5, 0.6) is 0 Å². The number of rotatable bonds is 8. The van der Waals surface area contributed by atoms with Crippen molar-refractivity contribution >= 4 is 37.4 Å². The molecule has 0 spiro atoms. The van der Waals surface area contributed by atoms with Gasteiger partial charge in [0.05, 0.1) is 10.3 Å². The monoisotopic (exact) mass is 468 g/mol. The summed E-state index contributed by atoms with van der Waals surface area (Å²) in [6.07, 6.45) is 0. The summed E-state index contributed by atoms with van der Waals surface area (Å²) in [6, 6.07) is 17.1. The van der Waals surface area contributed by atoms with Gasteiger partial charge in [-0.05, 0) is 17.2 Å². The third kappa shape index (κ3) is 4.37. The smallest absolute Gasteiger partial charge is 0.242 e. The Bertz CT molecular complexity index is 1340. The molecule has 2 aromatic heterocycles. The minimum absolute atomic E-state index is 0.272. The molecular formula is C23H24N4O3S2. The first-order valence-electron chi connectivity index (χ1n) is 9.98. The molecule has 0 saturated heterocycles. The molecule has 0 amide bonds. The van der Waals surface area contributed by atoms with E-state index in [1.807, 2.05) is 42.5 Å². The second-order valence-corrected chi connectivity index (χ2v) is 10.3. The molecule has 32 heavy (non-hydrogen) atoms. The van der Waals surface area contributed by atoms with Gasteiger partial charge in [0.2, 0.25) is 10.0 Å². The Kier molecular flexibility index (Phi) is 6.52. The van der Waals surface area contributed by atoms with E-state index >= 15 is 0 Å². The van der Waals surface area contributed by atoms with Crippen LogP contribution in [-0.4, -0.2) is 43.9 Å². The molecule has 4 rings (SSSR count). The van der Waals surface area contributed by atoms with Crippen LogP contribution in [-0.2, 0) is 27.9 Å². The van der Waals surface area contributed by atoms with Crippen molar-refractivity contribution in [1.82, 2.24) is 14.3 Å². The summed E-state index contributed by atoms with van der Waals surface area (Å²) in [4.78, 5) is 10.5. The van der Waals surface area contributed by atoms with Gasteiger partial charge in [-0.25, -0.2) is 22.7 Å².